The summed E-state index contributed by atoms with van der Waals surface area (Å²) in [5.41, 5.74) is 1.40. The fourth-order valence-corrected chi connectivity index (χ4v) is 4.53. The summed E-state index contributed by atoms with van der Waals surface area (Å²) < 4.78 is 13.8. The maximum Gasteiger partial charge on any atom is 0.233 e. The number of likely N-dealkylation sites (tertiary alicyclic amines) is 1. The van der Waals surface area contributed by atoms with Gasteiger partial charge in [0.2, 0.25) is 5.91 Å². The summed E-state index contributed by atoms with van der Waals surface area (Å²) in [5, 5.41) is 3.52. The lowest BCUT2D eigenvalue weighted by Crippen LogP contribution is -2.45. The number of rotatable bonds is 4. The van der Waals surface area contributed by atoms with E-state index in [9.17, 15) is 9.18 Å². The van der Waals surface area contributed by atoms with Crippen molar-refractivity contribution in [1.29, 1.82) is 0 Å². The van der Waals surface area contributed by atoms with E-state index >= 15 is 0 Å². The van der Waals surface area contributed by atoms with Gasteiger partial charge in [0.1, 0.15) is 5.82 Å². The Balaban J connectivity index is 1.51. The molecule has 1 amide bonds. The molecule has 1 aliphatic heterocycles. The van der Waals surface area contributed by atoms with Crippen molar-refractivity contribution in [2.24, 2.45) is 0 Å². The summed E-state index contributed by atoms with van der Waals surface area (Å²) in [6.07, 6.45) is 4.65. The molecule has 1 saturated carbocycles. The summed E-state index contributed by atoms with van der Waals surface area (Å²) in [5.74, 6) is -0.0791. The minimum absolute atomic E-state index is 0.179. The number of benzene rings is 2. The molecule has 2 fully saturated rings. The Morgan fingerprint density at radius 1 is 1.08 bits per heavy atom. The smallest absolute Gasteiger partial charge is 0.233 e. The first-order valence-corrected chi connectivity index (χ1v) is 9.54. The lowest BCUT2D eigenvalue weighted by molar-refractivity contribution is -0.136. The van der Waals surface area contributed by atoms with Crippen LogP contribution in [0.4, 0.5) is 10.1 Å². The third-order valence-corrected chi connectivity index (χ3v) is 5.86. The number of para-hydroxylation sites is 1. The average molecular weight is 352 g/mol. The van der Waals surface area contributed by atoms with Crippen LogP contribution in [0.15, 0.2) is 54.6 Å². The van der Waals surface area contributed by atoms with E-state index < -0.39 is 5.41 Å². The van der Waals surface area contributed by atoms with Gasteiger partial charge in [-0.1, -0.05) is 43.2 Å². The molecule has 4 heteroatoms. The first-order chi connectivity index (χ1) is 12.7. The van der Waals surface area contributed by atoms with Crippen LogP contribution in [-0.4, -0.2) is 29.9 Å². The molecule has 1 saturated heterocycles. The van der Waals surface area contributed by atoms with Gasteiger partial charge in [-0.3, -0.25) is 4.79 Å². The molecule has 136 valence electrons. The molecule has 1 atom stereocenters. The third kappa shape index (κ3) is 3.20. The van der Waals surface area contributed by atoms with Gasteiger partial charge in [0.15, 0.2) is 0 Å². The van der Waals surface area contributed by atoms with Gasteiger partial charge in [0.05, 0.1) is 5.41 Å². The van der Waals surface area contributed by atoms with Crippen LogP contribution in [0, 0.1) is 5.82 Å². The zero-order valence-corrected chi connectivity index (χ0v) is 15.0. The SMILES string of the molecule is O=C(N1CCC(Nc2ccccc2)C1)C1(c2cccc(F)c2)CCCC1. The molecular formula is C22H25FN2O. The van der Waals surface area contributed by atoms with Crippen LogP contribution >= 0.6 is 0 Å². The quantitative estimate of drug-likeness (QED) is 0.887. The van der Waals surface area contributed by atoms with Crippen molar-refractivity contribution in [2.75, 3.05) is 18.4 Å². The Morgan fingerprint density at radius 2 is 1.85 bits per heavy atom. The molecule has 0 bridgehead atoms. The van der Waals surface area contributed by atoms with E-state index in [-0.39, 0.29) is 17.8 Å². The Kier molecular flexibility index (Phi) is 4.66. The molecule has 1 heterocycles. The number of anilines is 1. The lowest BCUT2D eigenvalue weighted by Gasteiger charge is -2.33. The first kappa shape index (κ1) is 17.1. The molecular weight excluding hydrogens is 327 g/mol. The van der Waals surface area contributed by atoms with Gasteiger partial charge in [-0.25, -0.2) is 4.39 Å². The van der Waals surface area contributed by atoms with E-state index in [1.54, 1.807) is 12.1 Å². The molecule has 4 rings (SSSR count). The summed E-state index contributed by atoms with van der Waals surface area (Å²) in [6, 6.07) is 17.0. The van der Waals surface area contributed by atoms with E-state index in [2.05, 4.69) is 17.4 Å². The zero-order valence-electron chi connectivity index (χ0n) is 15.0. The van der Waals surface area contributed by atoms with Crippen molar-refractivity contribution < 1.29 is 9.18 Å². The minimum Gasteiger partial charge on any atom is -0.380 e. The van der Waals surface area contributed by atoms with Crippen molar-refractivity contribution in [3.05, 3.63) is 66.0 Å². The Morgan fingerprint density at radius 3 is 2.58 bits per heavy atom. The fourth-order valence-electron chi connectivity index (χ4n) is 4.53. The monoisotopic (exact) mass is 352 g/mol. The highest BCUT2D eigenvalue weighted by Gasteiger charge is 2.46. The Bertz CT molecular complexity index is 771. The van der Waals surface area contributed by atoms with E-state index in [0.717, 1.165) is 49.9 Å². The summed E-state index contributed by atoms with van der Waals surface area (Å²) in [4.78, 5) is 15.4. The number of carbonyl (C=O) groups excluding carboxylic acids is 1. The summed E-state index contributed by atoms with van der Waals surface area (Å²) in [6.45, 7) is 1.48. The predicted octanol–water partition coefficient (Wildman–Crippen LogP) is 4.35. The number of nitrogens with zero attached hydrogens (tertiary/aromatic N) is 1. The van der Waals surface area contributed by atoms with Crippen LogP contribution in [-0.2, 0) is 10.2 Å². The maximum absolute atomic E-state index is 13.8. The minimum atomic E-state index is -0.538. The molecule has 26 heavy (non-hydrogen) atoms. The third-order valence-electron chi connectivity index (χ3n) is 5.86. The number of hydrogen-bond acceptors (Lipinski definition) is 2. The molecule has 1 N–H and O–H groups in total. The molecule has 1 unspecified atom stereocenters. The number of hydrogen-bond donors (Lipinski definition) is 1. The lowest BCUT2D eigenvalue weighted by atomic mass is 9.77. The fraction of sp³-hybridized carbons (Fsp3) is 0.409. The normalized spacial score (nSPS) is 21.7. The van der Waals surface area contributed by atoms with Crippen LogP contribution in [0.3, 0.4) is 0 Å². The van der Waals surface area contributed by atoms with Crippen LogP contribution in [0.25, 0.3) is 0 Å². The van der Waals surface area contributed by atoms with Gasteiger partial charge in [0, 0.05) is 24.8 Å². The molecule has 0 aromatic heterocycles. The topological polar surface area (TPSA) is 32.3 Å². The van der Waals surface area contributed by atoms with Crippen molar-refractivity contribution in [3.63, 3.8) is 0 Å². The highest BCUT2D eigenvalue weighted by atomic mass is 19.1. The Labute approximate surface area is 154 Å². The number of carbonyl (C=O) groups is 1. The summed E-state index contributed by atoms with van der Waals surface area (Å²) >= 11 is 0. The first-order valence-electron chi connectivity index (χ1n) is 9.54. The van der Waals surface area contributed by atoms with Crippen molar-refractivity contribution >= 4 is 11.6 Å². The molecule has 0 spiro atoms. The van der Waals surface area contributed by atoms with Gasteiger partial charge in [0.25, 0.3) is 0 Å². The summed E-state index contributed by atoms with van der Waals surface area (Å²) in [7, 11) is 0. The second-order valence-electron chi connectivity index (χ2n) is 7.55. The van der Waals surface area contributed by atoms with E-state index in [1.807, 2.05) is 29.2 Å². The zero-order chi connectivity index (χ0) is 18.0. The van der Waals surface area contributed by atoms with Gasteiger partial charge in [-0.15, -0.1) is 0 Å². The molecule has 3 nitrogen and oxygen atoms in total. The number of halogens is 1. The number of nitrogens with one attached hydrogen (secondary N) is 1. The predicted molar refractivity (Wildman–Crippen MR) is 102 cm³/mol. The van der Waals surface area contributed by atoms with Crippen molar-refractivity contribution in [1.82, 2.24) is 4.90 Å². The van der Waals surface area contributed by atoms with Crippen LogP contribution in [0.5, 0.6) is 0 Å². The second kappa shape index (κ2) is 7.10. The van der Waals surface area contributed by atoms with Crippen LogP contribution in [0.2, 0.25) is 0 Å². The van der Waals surface area contributed by atoms with Gasteiger partial charge >= 0.3 is 0 Å². The highest BCUT2D eigenvalue weighted by molar-refractivity contribution is 5.89. The standard InChI is InChI=1S/C22H25FN2O/c23-18-8-6-7-17(15-18)22(12-4-5-13-22)21(26)25-14-11-20(16-25)24-19-9-2-1-3-10-19/h1-3,6-10,15,20,24H,4-5,11-14,16H2. The number of amides is 1. The highest BCUT2D eigenvalue weighted by Crippen LogP contribution is 2.43. The van der Waals surface area contributed by atoms with Gasteiger partial charge < -0.3 is 10.2 Å². The van der Waals surface area contributed by atoms with E-state index in [0.29, 0.717) is 6.54 Å². The van der Waals surface area contributed by atoms with Gasteiger partial charge in [-0.2, -0.15) is 0 Å². The van der Waals surface area contributed by atoms with E-state index in [1.165, 1.54) is 6.07 Å². The van der Waals surface area contributed by atoms with Crippen molar-refractivity contribution in [2.45, 2.75) is 43.6 Å². The largest absolute Gasteiger partial charge is 0.380 e. The van der Waals surface area contributed by atoms with Crippen LogP contribution < -0.4 is 5.32 Å². The maximum atomic E-state index is 13.8. The van der Waals surface area contributed by atoms with Crippen molar-refractivity contribution in [3.8, 4) is 0 Å². The molecule has 1 aliphatic carbocycles. The molecule has 0 radical (unpaired) electrons. The average Bonchev–Trinajstić information content (AvgIpc) is 3.32. The van der Waals surface area contributed by atoms with Crippen LogP contribution in [0.1, 0.15) is 37.7 Å². The Hall–Kier alpha value is -2.36. The van der Waals surface area contributed by atoms with Gasteiger partial charge in [-0.05, 0) is 49.1 Å². The molecule has 2 aromatic rings. The molecule has 2 aromatic carbocycles. The molecule has 2 aliphatic rings. The van der Waals surface area contributed by atoms with E-state index in [4.69, 9.17) is 0 Å². The second-order valence-corrected chi connectivity index (χ2v) is 7.55.